The van der Waals surface area contributed by atoms with E-state index in [0.717, 1.165) is 6.42 Å². The number of allylic oxidation sites excluding steroid dienone is 4. The van der Waals surface area contributed by atoms with Crippen molar-refractivity contribution in [1.82, 2.24) is 0 Å². The Balaban J connectivity index is 2.18. The van der Waals surface area contributed by atoms with E-state index in [1.807, 2.05) is 29.7 Å². The van der Waals surface area contributed by atoms with Crippen molar-refractivity contribution in [2.45, 2.75) is 31.6 Å². The maximum absolute atomic E-state index is 11.9. The van der Waals surface area contributed by atoms with Gasteiger partial charge in [0, 0.05) is 11.2 Å². The Kier molecular flexibility index (Phi) is 5.11. The molecule has 0 aromatic carbocycles. The number of aliphatic hydroxyl groups excluding tert-OH is 1. The van der Waals surface area contributed by atoms with Crippen LogP contribution in [0, 0.1) is 23.7 Å². The summed E-state index contributed by atoms with van der Waals surface area (Å²) < 4.78 is 0. The molecule has 0 aromatic heterocycles. The first-order valence-corrected chi connectivity index (χ1v) is 8.09. The molecule has 110 valence electrons. The molecule has 1 amide bonds. The molecule has 0 fully saturated rings. The lowest BCUT2D eigenvalue weighted by Gasteiger charge is -2.38. The van der Waals surface area contributed by atoms with Gasteiger partial charge in [-0.15, -0.1) is 11.8 Å². The summed E-state index contributed by atoms with van der Waals surface area (Å²) in [6.07, 6.45) is 10.1. The molecule has 2 rings (SSSR count). The van der Waals surface area contributed by atoms with Crippen LogP contribution >= 0.6 is 11.8 Å². The molecular weight excluding hydrogens is 270 g/mol. The maximum Gasteiger partial charge on any atom is 0.224 e. The van der Waals surface area contributed by atoms with Gasteiger partial charge in [0.25, 0.3) is 0 Å². The number of rotatable bonds is 4. The van der Waals surface area contributed by atoms with Gasteiger partial charge >= 0.3 is 0 Å². The van der Waals surface area contributed by atoms with Crippen molar-refractivity contribution < 1.29 is 9.90 Å². The minimum Gasteiger partial charge on any atom is -0.392 e. The fraction of sp³-hybridized carbons (Fsp3) is 0.562. The summed E-state index contributed by atoms with van der Waals surface area (Å²) >= 11 is 1.62. The molecule has 6 unspecified atom stereocenters. The van der Waals surface area contributed by atoms with E-state index >= 15 is 0 Å². The largest absolute Gasteiger partial charge is 0.392 e. The average Bonchev–Trinajstić information content (AvgIpc) is 2.44. The van der Waals surface area contributed by atoms with Crippen molar-refractivity contribution in [1.29, 1.82) is 0 Å². The lowest BCUT2D eigenvalue weighted by atomic mass is 9.78. The van der Waals surface area contributed by atoms with Gasteiger partial charge in [-0.1, -0.05) is 44.2 Å². The number of thioether (sulfide) groups is 1. The van der Waals surface area contributed by atoms with Crippen LogP contribution in [0.3, 0.4) is 0 Å². The van der Waals surface area contributed by atoms with E-state index in [9.17, 15) is 9.90 Å². The zero-order chi connectivity index (χ0) is 14.7. The average molecular weight is 293 g/mol. The SMILES string of the molecule is CC1C=CSC(C(C(N)=O)C(O)C2C=CC=CC2)C1C. The van der Waals surface area contributed by atoms with Gasteiger partial charge in [0.15, 0.2) is 0 Å². The molecule has 1 aliphatic carbocycles. The quantitative estimate of drug-likeness (QED) is 0.837. The maximum atomic E-state index is 11.9. The van der Waals surface area contributed by atoms with E-state index in [2.05, 4.69) is 19.9 Å². The summed E-state index contributed by atoms with van der Waals surface area (Å²) in [5, 5.41) is 12.7. The Morgan fingerprint density at radius 2 is 2.10 bits per heavy atom. The summed E-state index contributed by atoms with van der Waals surface area (Å²) in [4.78, 5) is 11.9. The molecule has 0 saturated carbocycles. The first kappa shape index (κ1) is 15.4. The molecule has 2 aliphatic rings. The van der Waals surface area contributed by atoms with Gasteiger partial charge in [-0.2, -0.15) is 0 Å². The number of aliphatic hydroxyl groups is 1. The second-order valence-corrected chi connectivity index (χ2v) is 6.87. The van der Waals surface area contributed by atoms with Crippen molar-refractivity contribution in [2.24, 2.45) is 29.4 Å². The van der Waals surface area contributed by atoms with Gasteiger partial charge in [0.1, 0.15) is 0 Å². The first-order chi connectivity index (χ1) is 9.52. The molecular formula is C16H23NO2S. The fourth-order valence-electron chi connectivity index (χ4n) is 2.91. The normalized spacial score (nSPS) is 35.8. The van der Waals surface area contributed by atoms with E-state index in [0.29, 0.717) is 11.8 Å². The van der Waals surface area contributed by atoms with Gasteiger partial charge in [-0.25, -0.2) is 0 Å². The van der Waals surface area contributed by atoms with E-state index in [-0.39, 0.29) is 11.2 Å². The van der Waals surface area contributed by atoms with Crippen molar-refractivity contribution in [3.63, 3.8) is 0 Å². The van der Waals surface area contributed by atoms with Crippen molar-refractivity contribution in [3.8, 4) is 0 Å². The molecule has 0 radical (unpaired) electrons. The van der Waals surface area contributed by atoms with Crippen LogP contribution in [-0.4, -0.2) is 22.4 Å². The number of nitrogens with two attached hydrogens (primary N) is 1. The summed E-state index contributed by atoms with van der Waals surface area (Å²) in [5.74, 6) is -0.209. The Bertz CT molecular complexity index is 444. The molecule has 0 saturated heterocycles. The van der Waals surface area contributed by atoms with Crippen LogP contribution in [-0.2, 0) is 4.79 Å². The molecule has 0 aromatic rings. The van der Waals surface area contributed by atoms with Gasteiger partial charge in [0.05, 0.1) is 12.0 Å². The summed E-state index contributed by atoms with van der Waals surface area (Å²) in [6, 6.07) is 0. The number of amides is 1. The minimum atomic E-state index is -0.715. The van der Waals surface area contributed by atoms with Crippen molar-refractivity contribution >= 4 is 17.7 Å². The lowest BCUT2D eigenvalue weighted by molar-refractivity contribution is -0.126. The van der Waals surface area contributed by atoms with E-state index < -0.39 is 17.9 Å². The van der Waals surface area contributed by atoms with Crippen LogP contribution in [0.5, 0.6) is 0 Å². The third-order valence-electron chi connectivity index (χ3n) is 4.47. The Labute approximate surface area is 125 Å². The smallest absolute Gasteiger partial charge is 0.224 e. The highest BCUT2D eigenvalue weighted by molar-refractivity contribution is 8.02. The molecule has 0 bridgehead atoms. The van der Waals surface area contributed by atoms with E-state index in [1.165, 1.54) is 0 Å². The minimum absolute atomic E-state index is 0.0217. The third kappa shape index (κ3) is 3.18. The molecule has 1 heterocycles. The molecule has 3 nitrogen and oxygen atoms in total. The van der Waals surface area contributed by atoms with Crippen LogP contribution in [0.25, 0.3) is 0 Å². The molecule has 20 heavy (non-hydrogen) atoms. The van der Waals surface area contributed by atoms with Gasteiger partial charge in [-0.3, -0.25) is 4.79 Å². The second kappa shape index (κ2) is 6.64. The van der Waals surface area contributed by atoms with Crippen LogP contribution in [0.1, 0.15) is 20.3 Å². The molecule has 6 atom stereocenters. The van der Waals surface area contributed by atoms with Crippen LogP contribution in [0.4, 0.5) is 0 Å². The molecule has 1 aliphatic heterocycles. The van der Waals surface area contributed by atoms with E-state index in [4.69, 9.17) is 5.73 Å². The fourth-order valence-corrected chi connectivity index (χ4v) is 4.39. The van der Waals surface area contributed by atoms with Gasteiger partial charge < -0.3 is 10.8 Å². The summed E-state index contributed by atoms with van der Waals surface area (Å²) in [5.41, 5.74) is 5.60. The highest BCUT2D eigenvalue weighted by Crippen LogP contribution is 2.40. The number of primary amides is 1. The Hall–Kier alpha value is -1.00. The van der Waals surface area contributed by atoms with E-state index in [1.54, 1.807) is 11.8 Å². The first-order valence-electron chi connectivity index (χ1n) is 7.15. The topological polar surface area (TPSA) is 63.3 Å². The Morgan fingerprint density at radius 3 is 2.70 bits per heavy atom. The zero-order valence-electron chi connectivity index (χ0n) is 12.0. The monoisotopic (exact) mass is 293 g/mol. The standard InChI is InChI=1S/C16H23NO2S/c1-10-8-9-20-15(11(10)2)13(16(17)19)14(18)12-6-4-3-5-7-12/h3-6,8-15,18H,7H2,1-2H3,(H2,17,19). The van der Waals surface area contributed by atoms with Crippen LogP contribution in [0.2, 0.25) is 0 Å². The Morgan fingerprint density at radius 1 is 1.35 bits per heavy atom. The highest BCUT2D eigenvalue weighted by atomic mass is 32.2. The van der Waals surface area contributed by atoms with Crippen LogP contribution < -0.4 is 5.73 Å². The summed E-state index contributed by atoms with van der Waals surface area (Å²) in [6.45, 7) is 4.27. The third-order valence-corrected chi connectivity index (χ3v) is 5.82. The predicted molar refractivity (Wildman–Crippen MR) is 83.9 cm³/mol. The van der Waals surface area contributed by atoms with Crippen molar-refractivity contribution in [2.75, 3.05) is 0 Å². The lowest BCUT2D eigenvalue weighted by Crippen LogP contribution is -2.47. The molecule has 3 N–H and O–H groups in total. The second-order valence-electron chi connectivity index (χ2n) is 5.78. The number of carbonyl (C=O) groups is 1. The summed E-state index contributed by atoms with van der Waals surface area (Å²) in [7, 11) is 0. The molecule has 0 spiro atoms. The predicted octanol–water partition coefficient (Wildman–Crippen LogP) is 2.48. The van der Waals surface area contributed by atoms with Crippen LogP contribution in [0.15, 0.2) is 35.8 Å². The molecule has 4 heteroatoms. The number of hydrogen-bond donors (Lipinski definition) is 2. The number of carbonyl (C=O) groups excluding carboxylic acids is 1. The van der Waals surface area contributed by atoms with Gasteiger partial charge in [0.2, 0.25) is 5.91 Å². The van der Waals surface area contributed by atoms with Gasteiger partial charge in [-0.05, 0) is 23.7 Å². The number of hydrogen-bond acceptors (Lipinski definition) is 3. The highest BCUT2D eigenvalue weighted by Gasteiger charge is 2.41. The zero-order valence-corrected chi connectivity index (χ0v) is 12.8. The van der Waals surface area contributed by atoms with Crippen molar-refractivity contribution in [3.05, 3.63) is 35.8 Å².